The summed E-state index contributed by atoms with van der Waals surface area (Å²) in [6.07, 6.45) is -0.364. The van der Waals surface area contributed by atoms with E-state index in [4.69, 9.17) is 20.9 Å². The van der Waals surface area contributed by atoms with Crippen molar-refractivity contribution >= 4 is 33.2 Å². The van der Waals surface area contributed by atoms with Gasteiger partial charge in [0.25, 0.3) is 0 Å². The molecular weight excluding hydrogens is 447 g/mol. The molecule has 0 radical (unpaired) electrons. The molecule has 0 fully saturated rings. The van der Waals surface area contributed by atoms with Crippen molar-refractivity contribution in [2.45, 2.75) is 25.7 Å². The third-order valence-electron chi connectivity index (χ3n) is 4.45. The van der Waals surface area contributed by atoms with E-state index in [2.05, 4.69) is 10.5 Å². The second-order valence-electron chi connectivity index (χ2n) is 7.04. The number of halogens is 2. The minimum absolute atomic E-state index is 0.0324. The van der Waals surface area contributed by atoms with E-state index in [-0.39, 0.29) is 22.6 Å². The third-order valence-corrected chi connectivity index (χ3v) is 5.63. The molecule has 2 aromatic carbocycles. The molecule has 10 heteroatoms. The Balaban J connectivity index is 1.80. The molecule has 3 rings (SSSR count). The Morgan fingerprint density at radius 2 is 2.00 bits per heavy atom. The van der Waals surface area contributed by atoms with Crippen molar-refractivity contribution in [2.24, 2.45) is 0 Å². The lowest BCUT2D eigenvalue weighted by Gasteiger charge is -2.15. The van der Waals surface area contributed by atoms with Crippen molar-refractivity contribution in [3.63, 3.8) is 0 Å². The van der Waals surface area contributed by atoms with Crippen LogP contribution in [0.25, 0.3) is 11.3 Å². The predicted molar refractivity (Wildman–Crippen MR) is 115 cm³/mol. The Labute approximate surface area is 184 Å². The summed E-state index contributed by atoms with van der Waals surface area (Å²) in [7, 11) is -3.39. The largest absolute Gasteiger partial charge is 0.441 e. The quantitative estimate of drug-likeness (QED) is 0.529. The van der Waals surface area contributed by atoms with Crippen LogP contribution in [0, 0.1) is 12.7 Å². The normalized spacial score (nSPS) is 12.4. The van der Waals surface area contributed by atoms with Crippen LogP contribution in [-0.2, 0) is 20.3 Å². The number of rotatable bonds is 6. The monoisotopic (exact) mass is 466 g/mol. The Hall–Kier alpha value is -2.91. The van der Waals surface area contributed by atoms with Gasteiger partial charge < -0.3 is 9.26 Å². The summed E-state index contributed by atoms with van der Waals surface area (Å²) < 4.78 is 47.9. The standard InChI is InChI=1S/C21H20ClFN2O5S/c1-12-19(24-21(26)29-13(2)16-6-4-5-7-17(16)22)20(30-25-12)14-8-9-15(18(23)10-14)11-31(3,27)28/h4-10,13H,11H2,1-3H3,(H,24,26). The van der Waals surface area contributed by atoms with Crippen LogP contribution in [0.3, 0.4) is 0 Å². The van der Waals surface area contributed by atoms with E-state index >= 15 is 0 Å². The maximum absolute atomic E-state index is 14.4. The first-order chi connectivity index (χ1) is 14.5. The molecule has 1 unspecified atom stereocenters. The number of aromatic nitrogens is 1. The molecule has 0 spiro atoms. The minimum atomic E-state index is -3.39. The van der Waals surface area contributed by atoms with E-state index in [9.17, 15) is 17.6 Å². The Bertz CT molecular complexity index is 1230. The summed E-state index contributed by atoms with van der Waals surface area (Å²) in [6.45, 7) is 3.28. The number of carbonyl (C=O) groups is 1. The van der Waals surface area contributed by atoms with Gasteiger partial charge >= 0.3 is 6.09 Å². The lowest BCUT2D eigenvalue weighted by atomic mass is 10.1. The van der Waals surface area contributed by atoms with Gasteiger partial charge in [-0.15, -0.1) is 0 Å². The fourth-order valence-electron chi connectivity index (χ4n) is 2.96. The second-order valence-corrected chi connectivity index (χ2v) is 9.59. The Morgan fingerprint density at radius 3 is 2.65 bits per heavy atom. The molecule has 0 aliphatic carbocycles. The Morgan fingerprint density at radius 1 is 1.29 bits per heavy atom. The van der Waals surface area contributed by atoms with Crippen LogP contribution >= 0.6 is 11.6 Å². The van der Waals surface area contributed by atoms with Crippen LogP contribution in [-0.4, -0.2) is 25.9 Å². The summed E-state index contributed by atoms with van der Waals surface area (Å²) >= 11 is 6.13. The van der Waals surface area contributed by atoms with E-state index in [1.54, 1.807) is 38.1 Å². The third kappa shape index (κ3) is 5.62. The first-order valence-electron chi connectivity index (χ1n) is 9.20. The van der Waals surface area contributed by atoms with Gasteiger partial charge in [0, 0.05) is 28.0 Å². The molecule has 1 atom stereocenters. The number of anilines is 1. The van der Waals surface area contributed by atoms with Crippen molar-refractivity contribution in [1.82, 2.24) is 5.16 Å². The van der Waals surface area contributed by atoms with Crippen molar-refractivity contribution in [2.75, 3.05) is 11.6 Å². The highest BCUT2D eigenvalue weighted by molar-refractivity contribution is 7.89. The van der Waals surface area contributed by atoms with Gasteiger partial charge in [-0.3, -0.25) is 5.32 Å². The molecule has 1 aromatic heterocycles. The van der Waals surface area contributed by atoms with E-state index < -0.39 is 33.6 Å². The zero-order valence-corrected chi connectivity index (χ0v) is 18.6. The van der Waals surface area contributed by atoms with Gasteiger partial charge in [-0.2, -0.15) is 0 Å². The number of nitrogens with zero attached hydrogens (tertiary/aromatic N) is 1. The van der Waals surface area contributed by atoms with E-state index in [1.165, 1.54) is 12.1 Å². The molecule has 31 heavy (non-hydrogen) atoms. The molecule has 0 saturated carbocycles. The van der Waals surface area contributed by atoms with Crippen LogP contribution in [0.15, 0.2) is 47.0 Å². The average molecular weight is 467 g/mol. The van der Waals surface area contributed by atoms with E-state index in [1.807, 2.05) is 0 Å². The highest BCUT2D eigenvalue weighted by Crippen LogP contribution is 2.33. The minimum Gasteiger partial charge on any atom is -0.441 e. The molecule has 3 aromatic rings. The topological polar surface area (TPSA) is 98.5 Å². The number of carbonyl (C=O) groups excluding carboxylic acids is 1. The zero-order chi connectivity index (χ0) is 22.8. The van der Waals surface area contributed by atoms with Crippen molar-refractivity contribution in [3.8, 4) is 11.3 Å². The van der Waals surface area contributed by atoms with Crippen molar-refractivity contribution in [1.29, 1.82) is 0 Å². The summed E-state index contributed by atoms with van der Waals surface area (Å²) in [6, 6.07) is 11.0. The summed E-state index contributed by atoms with van der Waals surface area (Å²) in [4.78, 5) is 12.4. The molecule has 0 aliphatic heterocycles. The van der Waals surface area contributed by atoms with Gasteiger partial charge in [0.2, 0.25) is 0 Å². The van der Waals surface area contributed by atoms with Gasteiger partial charge in [-0.25, -0.2) is 17.6 Å². The molecule has 0 saturated heterocycles. The first kappa shape index (κ1) is 22.8. The maximum atomic E-state index is 14.4. The number of aryl methyl sites for hydroxylation is 1. The van der Waals surface area contributed by atoms with E-state index in [0.29, 0.717) is 16.3 Å². The maximum Gasteiger partial charge on any atom is 0.412 e. The number of hydrogen-bond acceptors (Lipinski definition) is 6. The summed E-state index contributed by atoms with van der Waals surface area (Å²) in [5, 5.41) is 6.86. The highest BCUT2D eigenvalue weighted by atomic mass is 35.5. The Kier molecular flexibility index (Phi) is 6.66. The van der Waals surface area contributed by atoms with Crippen LogP contribution < -0.4 is 5.32 Å². The fraction of sp³-hybridized carbons (Fsp3) is 0.238. The first-order valence-corrected chi connectivity index (χ1v) is 11.6. The number of benzene rings is 2. The molecular formula is C21H20ClFN2O5S. The summed E-state index contributed by atoms with van der Waals surface area (Å²) in [5.74, 6) is -1.02. The van der Waals surface area contributed by atoms with Gasteiger partial charge in [0.15, 0.2) is 15.6 Å². The van der Waals surface area contributed by atoms with Gasteiger partial charge in [0.05, 0.1) is 5.75 Å². The molecule has 1 N–H and O–H groups in total. The summed E-state index contributed by atoms with van der Waals surface area (Å²) in [5.41, 5.74) is 1.53. The van der Waals surface area contributed by atoms with Crippen LogP contribution in [0.1, 0.15) is 29.8 Å². The molecule has 1 amide bonds. The number of hydrogen-bond donors (Lipinski definition) is 1. The van der Waals surface area contributed by atoms with Gasteiger partial charge in [-0.05, 0) is 26.0 Å². The molecule has 0 aliphatic rings. The number of sulfone groups is 1. The predicted octanol–water partition coefficient (Wildman–Crippen LogP) is 5.30. The second kappa shape index (κ2) is 9.07. The number of ether oxygens (including phenoxy) is 1. The molecule has 164 valence electrons. The van der Waals surface area contributed by atoms with Gasteiger partial charge in [0.1, 0.15) is 23.3 Å². The lowest BCUT2D eigenvalue weighted by molar-refractivity contribution is 0.121. The lowest BCUT2D eigenvalue weighted by Crippen LogP contribution is -2.17. The van der Waals surface area contributed by atoms with Crippen molar-refractivity contribution < 1.29 is 26.9 Å². The highest BCUT2D eigenvalue weighted by Gasteiger charge is 2.21. The zero-order valence-electron chi connectivity index (χ0n) is 17.0. The SMILES string of the molecule is Cc1noc(-c2ccc(CS(C)(=O)=O)c(F)c2)c1NC(=O)OC(C)c1ccccc1Cl. The number of amides is 1. The van der Waals surface area contributed by atoms with E-state index in [0.717, 1.165) is 12.3 Å². The van der Waals surface area contributed by atoms with Crippen LogP contribution in [0.2, 0.25) is 5.02 Å². The molecule has 0 bridgehead atoms. The van der Waals surface area contributed by atoms with Crippen molar-refractivity contribution in [3.05, 3.63) is 70.1 Å². The van der Waals surface area contributed by atoms with Crippen LogP contribution in [0.4, 0.5) is 14.9 Å². The smallest absolute Gasteiger partial charge is 0.412 e. The number of nitrogens with one attached hydrogen (secondary N) is 1. The average Bonchev–Trinajstić information content (AvgIpc) is 3.03. The van der Waals surface area contributed by atoms with Crippen LogP contribution in [0.5, 0.6) is 0 Å². The molecule has 7 nitrogen and oxygen atoms in total. The fourth-order valence-corrected chi connectivity index (χ4v) is 4.05. The molecule has 1 heterocycles. The van der Waals surface area contributed by atoms with Gasteiger partial charge in [-0.1, -0.05) is 47.1 Å².